The van der Waals surface area contributed by atoms with Gasteiger partial charge in [0.25, 0.3) is 0 Å². The minimum atomic E-state index is -0.552. The first-order valence-corrected chi connectivity index (χ1v) is 10.8. The average Bonchev–Trinajstić information content (AvgIpc) is 2.68. The molecule has 1 aliphatic rings. The molecule has 1 saturated heterocycles. The fourth-order valence-corrected chi connectivity index (χ4v) is 3.63. The molecule has 0 bridgehead atoms. The molecule has 3 rings (SSSR count). The van der Waals surface area contributed by atoms with Crippen LogP contribution in [0.5, 0.6) is 11.6 Å². The second-order valence-corrected chi connectivity index (χ2v) is 9.30. The summed E-state index contributed by atoms with van der Waals surface area (Å²) in [6.07, 6.45) is 2.43. The van der Waals surface area contributed by atoms with Crippen LogP contribution in [-0.4, -0.2) is 46.9 Å². The highest BCUT2D eigenvalue weighted by Crippen LogP contribution is 2.36. The Morgan fingerprint density at radius 2 is 2.06 bits per heavy atom. The van der Waals surface area contributed by atoms with Gasteiger partial charge in [-0.15, -0.1) is 0 Å². The number of amides is 1. The third-order valence-corrected chi connectivity index (χ3v) is 5.00. The fraction of sp³-hybridized carbons (Fsp3) is 0.522. The summed E-state index contributed by atoms with van der Waals surface area (Å²) in [6.45, 7) is 10.4. The summed E-state index contributed by atoms with van der Waals surface area (Å²) in [5, 5.41) is 11.3. The second kappa shape index (κ2) is 9.19. The van der Waals surface area contributed by atoms with E-state index in [9.17, 15) is 10.1 Å². The number of carbonyl (C=O) groups is 1. The van der Waals surface area contributed by atoms with Crippen LogP contribution >= 0.6 is 11.6 Å². The van der Waals surface area contributed by atoms with E-state index in [1.807, 2.05) is 34.6 Å². The van der Waals surface area contributed by atoms with Crippen molar-refractivity contribution in [1.29, 1.82) is 5.26 Å². The summed E-state index contributed by atoms with van der Waals surface area (Å²) in [4.78, 5) is 18.5. The molecule has 1 aromatic carbocycles. The molecule has 2 heterocycles. The van der Waals surface area contributed by atoms with Crippen LogP contribution in [0.25, 0.3) is 10.8 Å². The van der Waals surface area contributed by atoms with Crippen LogP contribution in [0.1, 0.15) is 53.0 Å². The van der Waals surface area contributed by atoms with Gasteiger partial charge in [-0.05, 0) is 59.6 Å². The monoisotopic (exact) mass is 445 g/mol. The number of carbonyl (C=O) groups excluding carboxylic acids is 1. The van der Waals surface area contributed by atoms with E-state index in [1.54, 1.807) is 17.0 Å². The maximum absolute atomic E-state index is 12.5. The van der Waals surface area contributed by atoms with E-state index in [2.05, 4.69) is 11.1 Å². The number of aromatic nitrogens is 1. The number of nitrogens with zero attached hydrogens (tertiary/aromatic N) is 3. The molecule has 1 fully saturated rings. The number of likely N-dealkylation sites (tertiary alicyclic amines) is 1. The lowest BCUT2D eigenvalue weighted by atomic mass is 10.1. The van der Waals surface area contributed by atoms with Gasteiger partial charge >= 0.3 is 6.09 Å². The van der Waals surface area contributed by atoms with Crippen molar-refractivity contribution >= 4 is 28.5 Å². The highest BCUT2D eigenvalue weighted by atomic mass is 35.5. The highest BCUT2D eigenvalue weighted by molar-refractivity contribution is 6.35. The summed E-state index contributed by atoms with van der Waals surface area (Å²) < 4.78 is 17.5. The number of fused-ring (bicyclic) bond motifs is 1. The molecule has 1 aromatic heterocycles. The van der Waals surface area contributed by atoms with E-state index in [0.717, 1.165) is 12.8 Å². The lowest BCUT2D eigenvalue weighted by molar-refractivity contribution is 0.00743. The van der Waals surface area contributed by atoms with Gasteiger partial charge in [0.05, 0.1) is 29.4 Å². The Balaban J connectivity index is 1.88. The first kappa shape index (κ1) is 23.0. The molecule has 0 N–H and O–H groups in total. The molecule has 1 amide bonds. The summed E-state index contributed by atoms with van der Waals surface area (Å²) in [5.74, 6) is 0.853. The molecule has 31 heavy (non-hydrogen) atoms. The van der Waals surface area contributed by atoms with Crippen molar-refractivity contribution < 1.29 is 19.0 Å². The molecule has 8 heteroatoms. The number of nitriles is 1. The molecular formula is C23H28ClN3O4. The van der Waals surface area contributed by atoms with Gasteiger partial charge < -0.3 is 19.1 Å². The Bertz CT molecular complexity index is 1010. The molecule has 0 radical (unpaired) electrons. The fourth-order valence-electron chi connectivity index (χ4n) is 3.43. The van der Waals surface area contributed by atoms with E-state index in [4.69, 9.17) is 25.8 Å². The maximum Gasteiger partial charge on any atom is 0.410 e. The third kappa shape index (κ3) is 5.71. The molecule has 1 atom stereocenters. The van der Waals surface area contributed by atoms with E-state index in [1.165, 1.54) is 6.20 Å². The Hall–Kier alpha value is -2.72. The zero-order chi connectivity index (χ0) is 22.8. The zero-order valence-electron chi connectivity index (χ0n) is 18.6. The molecule has 1 aliphatic heterocycles. The van der Waals surface area contributed by atoms with Crippen LogP contribution in [0.4, 0.5) is 4.79 Å². The minimum Gasteiger partial charge on any atom is -0.490 e. The van der Waals surface area contributed by atoms with Gasteiger partial charge in [0.2, 0.25) is 5.88 Å². The molecule has 0 saturated carbocycles. The Labute approximate surface area is 187 Å². The predicted molar refractivity (Wildman–Crippen MR) is 119 cm³/mol. The van der Waals surface area contributed by atoms with Crippen molar-refractivity contribution in [2.24, 2.45) is 0 Å². The number of rotatable bonds is 4. The van der Waals surface area contributed by atoms with Gasteiger partial charge in [0.1, 0.15) is 23.5 Å². The van der Waals surface area contributed by atoms with Crippen molar-refractivity contribution in [2.75, 3.05) is 13.1 Å². The van der Waals surface area contributed by atoms with Crippen molar-refractivity contribution in [3.63, 3.8) is 0 Å². The van der Waals surface area contributed by atoms with Crippen LogP contribution < -0.4 is 9.47 Å². The lowest BCUT2D eigenvalue weighted by Crippen LogP contribution is -2.46. The number of ether oxygens (including phenoxy) is 3. The maximum atomic E-state index is 12.5. The normalized spacial score (nSPS) is 16.8. The van der Waals surface area contributed by atoms with Crippen LogP contribution in [0.15, 0.2) is 18.3 Å². The summed E-state index contributed by atoms with van der Waals surface area (Å²) in [7, 11) is 0. The number of hydrogen-bond donors (Lipinski definition) is 0. The van der Waals surface area contributed by atoms with E-state index in [0.29, 0.717) is 46.1 Å². The third-order valence-electron chi connectivity index (χ3n) is 4.69. The van der Waals surface area contributed by atoms with Gasteiger partial charge in [0, 0.05) is 17.3 Å². The number of halogens is 1. The van der Waals surface area contributed by atoms with E-state index < -0.39 is 5.60 Å². The molecule has 7 nitrogen and oxygen atoms in total. The SMILES string of the molecule is CC(C)Oc1cc2c(OC3CCCN(C(=O)OC(C)(C)C)C3)ncc(Cl)c2cc1C#N. The Morgan fingerprint density at radius 3 is 2.71 bits per heavy atom. The van der Waals surface area contributed by atoms with Gasteiger partial charge in [-0.25, -0.2) is 9.78 Å². The smallest absolute Gasteiger partial charge is 0.410 e. The van der Waals surface area contributed by atoms with Crippen LogP contribution in [0.3, 0.4) is 0 Å². The second-order valence-electron chi connectivity index (χ2n) is 8.89. The molecule has 1 unspecified atom stereocenters. The highest BCUT2D eigenvalue weighted by Gasteiger charge is 2.29. The summed E-state index contributed by atoms with van der Waals surface area (Å²) >= 11 is 6.35. The number of piperidine rings is 1. The van der Waals surface area contributed by atoms with Crippen LogP contribution in [0.2, 0.25) is 5.02 Å². The Morgan fingerprint density at radius 1 is 1.32 bits per heavy atom. The van der Waals surface area contributed by atoms with Crippen LogP contribution in [0, 0.1) is 11.3 Å². The zero-order valence-corrected chi connectivity index (χ0v) is 19.3. The Kier molecular flexibility index (Phi) is 6.80. The van der Waals surface area contributed by atoms with Gasteiger partial charge in [-0.2, -0.15) is 5.26 Å². The van der Waals surface area contributed by atoms with Crippen molar-refractivity contribution in [1.82, 2.24) is 9.88 Å². The molecular weight excluding hydrogens is 418 g/mol. The van der Waals surface area contributed by atoms with Gasteiger partial charge in [0.15, 0.2) is 0 Å². The van der Waals surface area contributed by atoms with Crippen molar-refractivity contribution in [3.8, 4) is 17.7 Å². The summed E-state index contributed by atoms with van der Waals surface area (Å²) in [6, 6.07) is 5.59. The molecule has 166 valence electrons. The lowest BCUT2D eigenvalue weighted by Gasteiger charge is -2.34. The first-order chi connectivity index (χ1) is 14.6. The largest absolute Gasteiger partial charge is 0.490 e. The van der Waals surface area contributed by atoms with Crippen molar-refractivity contribution in [2.45, 2.75) is 65.3 Å². The van der Waals surface area contributed by atoms with E-state index >= 15 is 0 Å². The van der Waals surface area contributed by atoms with Crippen molar-refractivity contribution in [3.05, 3.63) is 28.9 Å². The predicted octanol–water partition coefficient (Wildman–Crippen LogP) is 5.33. The van der Waals surface area contributed by atoms with Gasteiger partial charge in [-0.3, -0.25) is 0 Å². The molecule has 0 spiro atoms. The average molecular weight is 446 g/mol. The van der Waals surface area contributed by atoms with Gasteiger partial charge in [-0.1, -0.05) is 11.6 Å². The summed E-state index contributed by atoms with van der Waals surface area (Å²) in [5.41, 5.74) is -0.154. The van der Waals surface area contributed by atoms with Crippen LogP contribution in [-0.2, 0) is 4.74 Å². The number of hydrogen-bond acceptors (Lipinski definition) is 6. The minimum absolute atomic E-state index is 0.0956. The number of pyridine rings is 1. The quantitative estimate of drug-likeness (QED) is 0.632. The first-order valence-electron chi connectivity index (χ1n) is 10.4. The number of benzene rings is 1. The topological polar surface area (TPSA) is 84.7 Å². The molecule has 0 aliphatic carbocycles. The molecule has 2 aromatic rings. The standard InChI is InChI=1S/C23H28ClN3O4/c1-14(2)29-20-10-18-17(9-15(20)11-25)19(24)12-26-21(18)30-16-7-6-8-27(13-16)22(28)31-23(3,4)5/h9-10,12,14,16H,6-8,13H2,1-5H3. The van der Waals surface area contributed by atoms with E-state index in [-0.39, 0.29) is 18.3 Å².